The maximum atomic E-state index is 12.9. The molecule has 0 aliphatic carbocycles. The average molecular weight is 350 g/mol. The number of hydrogen-bond acceptors (Lipinski definition) is 4. The van der Waals surface area contributed by atoms with Gasteiger partial charge in [0.25, 0.3) is 0 Å². The summed E-state index contributed by atoms with van der Waals surface area (Å²) in [5.41, 5.74) is 2.85. The van der Waals surface area contributed by atoms with Crippen LogP contribution in [-0.4, -0.2) is 32.4 Å². The van der Waals surface area contributed by atoms with Gasteiger partial charge in [0.15, 0.2) is 0 Å². The van der Waals surface area contributed by atoms with Crippen molar-refractivity contribution in [2.45, 2.75) is 19.5 Å². The molecule has 0 saturated carbocycles. The summed E-state index contributed by atoms with van der Waals surface area (Å²) in [6, 6.07) is 15.6. The fourth-order valence-corrected chi connectivity index (χ4v) is 4.01. The number of aromatic nitrogens is 3. The molecule has 6 heteroatoms. The Hall–Kier alpha value is -2.73. The molecular formula is C19H18N4OS. The van der Waals surface area contributed by atoms with E-state index >= 15 is 0 Å². The van der Waals surface area contributed by atoms with Gasteiger partial charge < -0.3 is 9.47 Å². The number of benzene rings is 2. The molecule has 1 unspecified atom stereocenters. The topological polar surface area (TPSA) is 51.0 Å². The second-order valence-corrected chi connectivity index (χ2v) is 7.20. The third-order valence-electron chi connectivity index (χ3n) is 4.34. The monoisotopic (exact) mass is 350 g/mol. The van der Waals surface area contributed by atoms with E-state index in [-0.39, 0.29) is 11.9 Å². The van der Waals surface area contributed by atoms with Crippen LogP contribution in [-0.2, 0) is 11.3 Å². The average Bonchev–Trinajstić information content (AvgIpc) is 3.23. The molecule has 4 rings (SSSR count). The Kier molecular flexibility index (Phi) is 3.97. The van der Waals surface area contributed by atoms with E-state index in [1.807, 2.05) is 61.0 Å². The van der Waals surface area contributed by atoms with Crippen LogP contribution in [0.3, 0.4) is 0 Å². The zero-order valence-corrected chi connectivity index (χ0v) is 14.9. The summed E-state index contributed by atoms with van der Waals surface area (Å²) in [7, 11) is 1.82. The first-order valence-corrected chi connectivity index (χ1v) is 8.96. The summed E-state index contributed by atoms with van der Waals surface area (Å²) in [5.74, 6) is 0.0439. The normalized spacial score (nSPS) is 12.6. The van der Waals surface area contributed by atoms with Crippen LogP contribution in [0.5, 0.6) is 0 Å². The number of likely N-dealkylation sites (N-methyl/N-ethyl adjacent to an activating group) is 1. The van der Waals surface area contributed by atoms with Crippen molar-refractivity contribution in [2.75, 3.05) is 7.05 Å². The molecule has 0 spiro atoms. The summed E-state index contributed by atoms with van der Waals surface area (Å²) in [6.45, 7) is 2.42. The molecule has 0 aliphatic heterocycles. The van der Waals surface area contributed by atoms with Crippen molar-refractivity contribution in [1.82, 2.24) is 19.4 Å². The standard InChI is InChI=1S/C19H18N4OS/c1-13(23-12-20-14-7-3-5-9-16(14)23)19(24)22(2)11-18-21-15-8-4-6-10-17(15)25-18/h3-10,12-13H,11H2,1-2H3. The SMILES string of the molecule is CC(C(=O)N(C)Cc1nc2ccccc2s1)n1cnc2ccccc21. The number of carbonyl (C=O) groups is 1. The van der Waals surface area contributed by atoms with Gasteiger partial charge in [-0.2, -0.15) is 0 Å². The molecule has 2 aromatic heterocycles. The minimum Gasteiger partial charge on any atom is -0.337 e. The molecule has 4 aromatic rings. The van der Waals surface area contributed by atoms with E-state index < -0.39 is 0 Å². The number of nitrogens with zero attached hydrogens (tertiary/aromatic N) is 4. The Morgan fingerprint density at radius 1 is 1.16 bits per heavy atom. The number of carbonyl (C=O) groups excluding carboxylic acids is 1. The van der Waals surface area contributed by atoms with Crippen LogP contribution in [0.2, 0.25) is 0 Å². The van der Waals surface area contributed by atoms with E-state index in [0.717, 1.165) is 26.3 Å². The van der Waals surface area contributed by atoms with E-state index in [0.29, 0.717) is 6.54 Å². The quantitative estimate of drug-likeness (QED) is 0.561. The first-order valence-electron chi connectivity index (χ1n) is 8.14. The highest BCUT2D eigenvalue weighted by Gasteiger charge is 2.21. The van der Waals surface area contributed by atoms with Gasteiger partial charge >= 0.3 is 0 Å². The first-order chi connectivity index (χ1) is 12.1. The molecule has 5 nitrogen and oxygen atoms in total. The minimum absolute atomic E-state index is 0.0439. The number of amides is 1. The third kappa shape index (κ3) is 2.89. The fourth-order valence-electron chi connectivity index (χ4n) is 2.99. The number of para-hydroxylation sites is 3. The van der Waals surface area contributed by atoms with Crippen LogP contribution in [0, 0.1) is 0 Å². The summed E-state index contributed by atoms with van der Waals surface area (Å²) < 4.78 is 3.07. The van der Waals surface area contributed by atoms with Gasteiger partial charge in [0.1, 0.15) is 11.0 Å². The molecular weight excluding hydrogens is 332 g/mol. The van der Waals surface area contributed by atoms with E-state index in [2.05, 4.69) is 16.0 Å². The summed E-state index contributed by atoms with van der Waals surface area (Å²) in [4.78, 5) is 23.6. The molecule has 2 heterocycles. The van der Waals surface area contributed by atoms with Crippen molar-refractivity contribution < 1.29 is 4.79 Å². The van der Waals surface area contributed by atoms with E-state index in [1.165, 1.54) is 0 Å². The van der Waals surface area contributed by atoms with Crippen LogP contribution in [0.25, 0.3) is 21.3 Å². The van der Waals surface area contributed by atoms with Crippen molar-refractivity contribution in [3.05, 3.63) is 59.9 Å². The second kappa shape index (κ2) is 6.29. The summed E-state index contributed by atoms with van der Waals surface area (Å²) in [5, 5.41) is 0.944. The highest BCUT2D eigenvalue weighted by atomic mass is 32.1. The molecule has 126 valence electrons. The fraction of sp³-hybridized carbons (Fsp3) is 0.211. The molecule has 0 radical (unpaired) electrons. The summed E-state index contributed by atoms with van der Waals surface area (Å²) >= 11 is 1.63. The van der Waals surface area contributed by atoms with Gasteiger partial charge in [0, 0.05) is 7.05 Å². The third-order valence-corrected chi connectivity index (χ3v) is 5.36. The number of imidazole rings is 1. The molecule has 0 N–H and O–H groups in total. The van der Waals surface area contributed by atoms with E-state index in [1.54, 1.807) is 22.6 Å². The van der Waals surface area contributed by atoms with Crippen LogP contribution < -0.4 is 0 Å². The van der Waals surface area contributed by atoms with Gasteiger partial charge in [0.05, 0.1) is 34.1 Å². The molecule has 0 saturated heterocycles. The lowest BCUT2D eigenvalue weighted by Crippen LogP contribution is -2.32. The zero-order valence-electron chi connectivity index (χ0n) is 14.1. The Labute approximate surface area is 149 Å². The van der Waals surface area contributed by atoms with Gasteiger partial charge in [-0.1, -0.05) is 24.3 Å². The molecule has 0 fully saturated rings. The molecule has 1 atom stereocenters. The maximum absolute atomic E-state index is 12.9. The van der Waals surface area contributed by atoms with Gasteiger partial charge in [-0.3, -0.25) is 4.79 Å². The molecule has 0 bridgehead atoms. The van der Waals surface area contributed by atoms with Crippen molar-refractivity contribution in [1.29, 1.82) is 0 Å². The smallest absolute Gasteiger partial charge is 0.245 e. The Balaban J connectivity index is 1.55. The summed E-state index contributed by atoms with van der Waals surface area (Å²) in [6.07, 6.45) is 1.73. The number of fused-ring (bicyclic) bond motifs is 2. The van der Waals surface area contributed by atoms with Crippen molar-refractivity contribution >= 4 is 38.5 Å². The van der Waals surface area contributed by atoms with Crippen molar-refractivity contribution in [2.24, 2.45) is 0 Å². The van der Waals surface area contributed by atoms with Crippen LogP contribution in [0.15, 0.2) is 54.9 Å². The number of thiazole rings is 1. The first kappa shape index (κ1) is 15.8. The van der Waals surface area contributed by atoms with Crippen LogP contribution >= 0.6 is 11.3 Å². The Bertz CT molecular complexity index is 1020. The highest BCUT2D eigenvalue weighted by molar-refractivity contribution is 7.18. The molecule has 0 aliphatic rings. The number of rotatable bonds is 4. The molecule has 2 aromatic carbocycles. The van der Waals surface area contributed by atoms with Crippen molar-refractivity contribution in [3.63, 3.8) is 0 Å². The van der Waals surface area contributed by atoms with Crippen LogP contribution in [0.1, 0.15) is 18.0 Å². The zero-order chi connectivity index (χ0) is 17.4. The molecule has 25 heavy (non-hydrogen) atoms. The Morgan fingerprint density at radius 3 is 2.68 bits per heavy atom. The highest BCUT2D eigenvalue weighted by Crippen LogP contribution is 2.24. The van der Waals surface area contributed by atoms with E-state index in [9.17, 15) is 4.79 Å². The Morgan fingerprint density at radius 2 is 1.88 bits per heavy atom. The lowest BCUT2D eigenvalue weighted by Gasteiger charge is -2.21. The maximum Gasteiger partial charge on any atom is 0.245 e. The number of hydrogen-bond donors (Lipinski definition) is 0. The predicted molar refractivity (Wildman–Crippen MR) is 101 cm³/mol. The largest absolute Gasteiger partial charge is 0.337 e. The lowest BCUT2D eigenvalue weighted by atomic mass is 10.2. The molecule has 1 amide bonds. The van der Waals surface area contributed by atoms with Crippen molar-refractivity contribution in [3.8, 4) is 0 Å². The van der Waals surface area contributed by atoms with Gasteiger partial charge in [0.2, 0.25) is 5.91 Å². The minimum atomic E-state index is -0.313. The van der Waals surface area contributed by atoms with Gasteiger partial charge in [-0.05, 0) is 31.2 Å². The van der Waals surface area contributed by atoms with E-state index in [4.69, 9.17) is 0 Å². The van der Waals surface area contributed by atoms with Gasteiger partial charge in [-0.15, -0.1) is 11.3 Å². The predicted octanol–water partition coefficient (Wildman–Crippen LogP) is 3.87. The lowest BCUT2D eigenvalue weighted by molar-refractivity contribution is -0.133. The van der Waals surface area contributed by atoms with Crippen LogP contribution in [0.4, 0.5) is 0 Å². The second-order valence-electron chi connectivity index (χ2n) is 6.09. The van der Waals surface area contributed by atoms with Gasteiger partial charge in [-0.25, -0.2) is 9.97 Å².